The minimum Gasteiger partial charge on any atom is -0.369 e. The lowest BCUT2D eigenvalue weighted by Crippen LogP contribution is -2.53. The Kier molecular flexibility index (Phi) is 7.71. The maximum atomic E-state index is 13.3. The van der Waals surface area contributed by atoms with Gasteiger partial charge in [-0.25, -0.2) is 0 Å². The summed E-state index contributed by atoms with van der Waals surface area (Å²) in [6.45, 7) is 5.58. The third kappa shape index (κ3) is 5.36. The Bertz CT molecular complexity index is 1280. The molecule has 214 valence electrons. The second kappa shape index (κ2) is 10.8. The van der Waals surface area contributed by atoms with E-state index < -0.39 is 23.5 Å². The zero-order chi connectivity index (χ0) is 28.7. The van der Waals surface area contributed by atoms with Crippen molar-refractivity contribution in [3.63, 3.8) is 0 Å². The van der Waals surface area contributed by atoms with Crippen LogP contribution in [0.2, 0.25) is 0 Å². The molecule has 4 nitrogen and oxygen atoms in total. The van der Waals surface area contributed by atoms with Crippen LogP contribution in [-0.4, -0.2) is 57.4 Å². The Morgan fingerprint density at radius 3 is 1.95 bits per heavy atom. The average Bonchev–Trinajstić information content (AvgIpc) is 3.14. The van der Waals surface area contributed by atoms with Crippen LogP contribution in [0.25, 0.3) is 11.1 Å². The van der Waals surface area contributed by atoms with E-state index in [4.69, 9.17) is 0 Å². The predicted molar refractivity (Wildman–Crippen MR) is 139 cm³/mol. The van der Waals surface area contributed by atoms with Crippen molar-refractivity contribution in [2.24, 2.45) is 0 Å². The number of hydrogen-bond donors (Lipinski definition) is 1. The van der Waals surface area contributed by atoms with Gasteiger partial charge < -0.3 is 5.11 Å². The minimum atomic E-state index is -5.91. The Hall–Kier alpha value is -2.95. The third-order valence-corrected chi connectivity index (χ3v) is 8.21. The first kappa shape index (κ1) is 28.6. The smallest absolute Gasteiger partial charge is 0.369 e. The molecule has 1 N–H and O–H groups in total. The SMILES string of the molecule is CCc1cc(CN2CC3CCC(C2)N3Cc2ccncc2)ccc1-c1ccc(C(O)(C(F)(F)F)C(F)(F)F)cc1. The number of piperazine rings is 1. The second-order valence-corrected chi connectivity index (χ2v) is 10.7. The summed E-state index contributed by atoms with van der Waals surface area (Å²) < 4.78 is 79.5. The van der Waals surface area contributed by atoms with E-state index in [1.54, 1.807) is 0 Å². The fourth-order valence-electron chi connectivity index (χ4n) is 6.12. The number of likely N-dealkylation sites (tertiary alicyclic amines) is 1. The van der Waals surface area contributed by atoms with Crippen molar-refractivity contribution in [1.29, 1.82) is 0 Å². The zero-order valence-electron chi connectivity index (χ0n) is 22.0. The van der Waals surface area contributed by atoms with E-state index in [9.17, 15) is 31.4 Å². The van der Waals surface area contributed by atoms with Crippen molar-refractivity contribution in [2.75, 3.05) is 13.1 Å². The van der Waals surface area contributed by atoms with Gasteiger partial charge in [-0.2, -0.15) is 26.3 Å². The summed E-state index contributed by atoms with van der Waals surface area (Å²) in [6, 6.07) is 14.8. The molecule has 3 heterocycles. The lowest BCUT2D eigenvalue weighted by Gasteiger charge is -2.41. The molecule has 10 heteroatoms. The van der Waals surface area contributed by atoms with Gasteiger partial charge in [-0.1, -0.05) is 49.4 Å². The summed E-state index contributed by atoms with van der Waals surface area (Å²) in [5.74, 6) is 0. The zero-order valence-corrected chi connectivity index (χ0v) is 22.0. The molecule has 2 bridgehead atoms. The van der Waals surface area contributed by atoms with Crippen LogP contribution in [0.3, 0.4) is 0 Å². The molecule has 2 aliphatic rings. The normalized spacial score (nSPS) is 20.7. The highest BCUT2D eigenvalue weighted by Gasteiger charge is 2.71. The number of aromatic nitrogens is 1. The minimum absolute atomic E-state index is 0.488. The lowest BCUT2D eigenvalue weighted by molar-refractivity contribution is -0.376. The predicted octanol–water partition coefficient (Wildman–Crippen LogP) is 6.47. The van der Waals surface area contributed by atoms with Crippen LogP contribution in [0.4, 0.5) is 26.3 Å². The number of nitrogens with zero attached hydrogens (tertiary/aromatic N) is 3. The van der Waals surface area contributed by atoms with Crippen LogP contribution >= 0.6 is 0 Å². The first-order chi connectivity index (χ1) is 18.9. The van der Waals surface area contributed by atoms with Gasteiger partial charge in [0.1, 0.15) is 0 Å². The van der Waals surface area contributed by atoms with Crippen molar-refractivity contribution < 1.29 is 31.4 Å². The van der Waals surface area contributed by atoms with Gasteiger partial charge >= 0.3 is 12.4 Å². The van der Waals surface area contributed by atoms with Crippen LogP contribution in [-0.2, 0) is 25.1 Å². The molecule has 2 atom stereocenters. The largest absolute Gasteiger partial charge is 0.430 e. The standard InChI is InChI=1S/C30H31F6N3O/c1-2-22-15-21(16-38-18-25-8-9-26(19-38)39(25)17-20-11-13-37-14-12-20)3-10-27(22)23-4-6-24(7-5-23)28(40,29(31,32)33)30(34,35)36/h3-7,10-15,25-26,40H,2,8-9,16-19H2,1H3. The summed E-state index contributed by atoms with van der Waals surface area (Å²) in [7, 11) is 0. The van der Waals surface area contributed by atoms with E-state index in [1.807, 2.05) is 31.5 Å². The maximum Gasteiger partial charge on any atom is 0.430 e. The Labute approximate surface area is 229 Å². The van der Waals surface area contributed by atoms with E-state index in [2.05, 4.69) is 33.0 Å². The molecule has 5 rings (SSSR count). The van der Waals surface area contributed by atoms with E-state index in [0.717, 1.165) is 42.9 Å². The molecule has 0 spiro atoms. The van der Waals surface area contributed by atoms with Crippen molar-refractivity contribution in [3.05, 3.63) is 89.2 Å². The van der Waals surface area contributed by atoms with E-state index in [1.165, 1.54) is 30.5 Å². The topological polar surface area (TPSA) is 39.6 Å². The molecule has 3 aromatic rings. The molecule has 0 amide bonds. The number of fused-ring (bicyclic) bond motifs is 2. The monoisotopic (exact) mass is 563 g/mol. The number of benzene rings is 2. The highest BCUT2D eigenvalue weighted by atomic mass is 19.4. The summed E-state index contributed by atoms with van der Waals surface area (Å²) in [6.07, 6.45) is -5.20. The van der Waals surface area contributed by atoms with E-state index in [-0.39, 0.29) is 0 Å². The van der Waals surface area contributed by atoms with Crippen LogP contribution in [0.1, 0.15) is 42.0 Å². The van der Waals surface area contributed by atoms with Crippen LogP contribution < -0.4 is 0 Å². The van der Waals surface area contributed by atoms with Crippen molar-refractivity contribution >= 4 is 0 Å². The van der Waals surface area contributed by atoms with Crippen molar-refractivity contribution in [1.82, 2.24) is 14.8 Å². The summed E-state index contributed by atoms with van der Waals surface area (Å²) in [5, 5.41) is 9.68. The second-order valence-electron chi connectivity index (χ2n) is 10.7. The molecule has 0 radical (unpaired) electrons. The van der Waals surface area contributed by atoms with Crippen LogP contribution in [0.5, 0.6) is 0 Å². The van der Waals surface area contributed by atoms with Gasteiger partial charge in [0.25, 0.3) is 5.60 Å². The summed E-state index contributed by atoms with van der Waals surface area (Å²) in [5.41, 5.74) is -1.64. The molecule has 2 aromatic carbocycles. The van der Waals surface area contributed by atoms with Gasteiger partial charge in [-0.05, 0) is 59.2 Å². The third-order valence-electron chi connectivity index (χ3n) is 8.21. The molecule has 2 aliphatic heterocycles. The quantitative estimate of drug-likeness (QED) is 0.335. The molecule has 0 saturated carbocycles. The van der Waals surface area contributed by atoms with Gasteiger partial charge in [0.05, 0.1) is 0 Å². The highest BCUT2D eigenvalue weighted by molar-refractivity contribution is 5.68. The number of hydrogen-bond acceptors (Lipinski definition) is 4. The van der Waals surface area contributed by atoms with Gasteiger partial charge in [0, 0.05) is 56.2 Å². The highest BCUT2D eigenvalue weighted by Crippen LogP contribution is 2.50. The number of rotatable bonds is 7. The molecule has 1 aromatic heterocycles. The van der Waals surface area contributed by atoms with Gasteiger partial charge in [0.2, 0.25) is 0 Å². The van der Waals surface area contributed by atoms with Gasteiger partial charge in [-0.15, -0.1) is 0 Å². The summed E-state index contributed by atoms with van der Waals surface area (Å²) >= 11 is 0. The maximum absolute atomic E-state index is 13.3. The van der Waals surface area contributed by atoms with Crippen LogP contribution in [0.15, 0.2) is 67.0 Å². The van der Waals surface area contributed by atoms with E-state index >= 15 is 0 Å². The molecular formula is C30H31F6N3O. The fraction of sp³-hybridized carbons (Fsp3) is 0.433. The molecule has 2 unspecified atom stereocenters. The Morgan fingerprint density at radius 2 is 1.40 bits per heavy atom. The van der Waals surface area contributed by atoms with Crippen LogP contribution in [0, 0.1) is 0 Å². The number of aliphatic hydroxyl groups is 1. The van der Waals surface area contributed by atoms with Gasteiger partial charge in [-0.3, -0.25) is 14.8 Å². The lowest BCUT2D eigenvalue weighted by atomic mass is 9.89. The number of halogens is 6. The first-order valence-corrected chi connectivity index (χ1v) is 13.4. The van der Waals surface area contributed by atoms with Crippen molar-refractivity contribution in [3.8, 4) is 11.1 Å². The Morgan fingerprint density at radius 1 is 0.800 bits per heavy atom. The summed E-state index contributed by atoms with van der Waals surface area (Å²) in [4.78, 5) is 9.16. The molecule has 40 heavy (non-hydrogen) atoms. The Balaban J connectivity index is 1.30. The molecular weight excluding hydrogens is 532 g/mol. The molecule has 2 fully saturated rings. The van der Waals surface area contributed by atoms with Gasteiger partial charge in [0.15, 0.2) is 0 Å². The molecule has 2 saturated heterocycles. The molecule has 0 aliphatic carbocycles. The average molecular weight is 564 g/mol. The number of alkyl halides is 6. The fourth-order valence-corrected chi connectivity index (χ4v) is 6.12. The van der Waals surface area contributed by atoms with E-state index in [0.29, 0.717) is 36.2 Å². The van der Waals surface area contributed by atoms with Crippen molar-refractivity contribution in [2.45, 2.75) is 69.3 Å². The number of aryl methyl sites for hydroxylation is 1. The number of pyridine rings is 1. The first-order valence-electron chi connectivity index (χ1n) is 13.4.